The monoisotopic (exact) mass is 383 g/mol. The summed E-state index contributed by atoms with van der Waals surface area (Å²) < 4.78 is 3.79. The van der Waals surface area contributed by atoms with E-state index in [1.54, 1.807) is 4.52 Å². The Bertz CT molecular complexity index is 944. The maximum Gasteiger partial charge on any atom is 0.176 e. The molecule has 0 radical (unpaired) electrons. The van der Waals surface area contributed by atoms with Gasteiger partial charge in [-0.25, -0.2) is 14.5 Å². The zero-order valence-electron chi connectivity index (χ0n) is 18.9. The minimum absolute atomic E-state index is 0.783. The van der Waals surface area contributed by atoms with Gasteiger partial charge < -0.3 is 4.40 Å². The van der Waals surface area contributed by atoms with E-state index < -0.39 is 0 Å². The van der Waals surface area contributed by atoms with Gasteiger partial charge in [0.2, 0.25) is 0 Å². The van der Waals surface area contributed by atoms with Gasteiger partial charge in [-0.05, 0) is 41.5 Å². The van der Waals surface area contributed by atoms with Crippen LogP contribution in [0.1, 0.15) is 62.0 Å². The van der Waals surface area contributed by atoms with Crippen LogP contribution in [0.25, 0.3) is 11.3 Å². The third-order valence-corrected chi connectivity index (χ3v) is 3.56. The first-order valence-corrected chi connectivity index (χ1v) is 9.80. The van der Waals surface area contributed by atoms with Crippen LogP contribution in [0.2, 0.25) is 0 Å². The number of aromatic nitrogens is 7. The van der Waals surface area contributed by atoms with E-state index >= 15 is 0 Å². The lowest BCUT2D eigenvalue weighted by Gasteiger charge is -1.98. The third kappa shape index (κ3) is 5.58. The number of hydrogen-bond donors (Lipinski definition) is 0. The van der Waals surface area contributed by atoms with E-state index in [0.29, 0.717) is 0 Å². The molecule has 4 rings (SSSR count). The number of fused-ring (bicyclic) bond motifs is 2. The Morgan fingerprint density at radius 2 is 1.04 bits per heavy atom. The normalized spacial score (nSPS) is 9.79. The van der Waals surface area contributed by atoms with E-state index in [1.165, 1.54) is 0 Å². The van der Waals surface area contributed by atoms with Crippen molar-refractivity contribution < 1.29 is 0 Å². The van der Waals surface area contributed by atoms with Gasteiger partial charge in [0, 0.05) is 12.4 Å². The highest BCUT2D eigenvalue weighted by Crippen LogP contribution is 2.08. The summed E-state index contributed by atoms with van der Waals surface area (Å²) in [5, 5.41) is 4.20. The second kappa shape index (κ2) is 10.5. The summed E-state index contributed by atoms with van der Waals surface area (Å²) in [7, 11) is 0. The van der Waals surface area contributed by atoms with Crippen LogP contribution in [-0.4, -0.2) is 34.0 Å². The van der Waals surface area contributed by atoms with Gasteiger partial charge >= 0.3 is 0 Å². The lowest BCUT2D eigenvalue weighted by atomic mass is 10.4. The van der Waals surface area contributed by atoms with E-state index in [2.05, 4.69) is 25.0 Å². The van der Waals surface area contributed by atoms with E-state index in [9.17, 15) is 0 Å². The van der Waals surface area contributed by atoms with Crippen molar-refractivity contribution in [3.05, 3.63) is 52.9 Å². The Balaban J connectivity index is 0.000000238. The van der Waals surface area contributed by atoms with Gasteiger partial charge in [0.25, 0.3) is 0 Å². The largest absolute Gasteiger partial charge is 0.304 e. The first kappa shape index (κ1) is 23.2. The molecule has 0 bridgehead atoms. The van der Waals surface area contributed by atoms with E-state index in [1.807, 2.05) is 92.2 Å². The van der Waals surface area contributed by atoms with Crippen molar-refractivity contribution in [1.29, 1.82) is 0 Å². The molecule has 4 aromatic rings. The standard InChI is InChI=1S/C9H11N3.C8H10N4.2C2H6/c1-6-4-12-5-7(2)11-9(12)8(3)10-6;1-5-4-12-8(6(2)9-5)10-7(3)11-12;2*1-2/h4-5H,1-3H3;4H,1-3H3;2*1-2H3. The molecule has 0 unspecified atom stereocenters. The molecule has 0 saturated carbocycles. The van der Waals surface area contributed by atoms with Crippen LogP contribution in [0.5, 0.6) is 0 Å². The minimum Gasteiger partial charge on any atom is -0.304 e. The van der Waals surface area contributed by atoms with Crippen LogP contribution in [0.15, 0.2) is 18.6 Å². The fourth-order valence-corrected chi connectivity index (χ4v) is 2.71. The molecule has 152 valence electrons. The highest BCUT2D eigenvalue weighted by Gasteiger charge is 2.03. The first-order chi connectivity index (χ1) is 13.3. The SMILES string of the molecule is CC.CC.Cc1cn2cc(C)nc2c(C)n1.Cc1cn2nc(C)nc2c(C)n1. The minimum atomic E-state index is 0.783. The Morgan fingerprint density at radius 3 is 1.61 bits per heavy atom. The first-order valence-electron chi connectivity index (χ1n) is 9.80. The summed E-state index contributed by atoms with van der Waals surface area (Å²) in [5.41, 5.74) is 6.74. The average molecular weight is 384 g/mol. The molecule has 0 aliphatic heterocycles. The molecular formula is C21H33N7. The van der Waals surface area contributed by atoms with Crippen molar-refractivity contribution in [2.75, 3.05) is 0 Å². The lowest BCUT2D eigenvalue weighted by molar-refractivity contribution is 0.896. The molecule has 7 heteroatoms. The second-order valence-electron chi connectivity index (χ2n) is 5.98. The second-order valence-corrected chi connectivity index (χ2v) is 5.98. The van der Waals surface area contributed by atoms with Crippen LogP contribution in [-0.2, 0) is 0 Å². The molecule has 0 fully saturated rings. The van der Waals surface area contributed by atoms with Crippen LogP contribution < -0.4 is 0 Å². The molecule has 0 saturated heterocycles. The molecule has 0 aromatic carbocycles. The van der Waals surface area contributed by atoms with E-state index in [-0.39, 0.29) is 0 Å². The van der Waals surface area contributed by atoms with Gasteiger partial charge in [0.05, 0.1) is 34.7 Å². The molecule has 0 amide bonds. The van der Waals surface area contributed by atoms with Crippen molar-refractivity contribution in [2.45, 2.75) is 69.2 Å². The van der Waals surface area contributed by atoms with Crippen molar-refractivity contribution in [1.82, 2.24) is 34.0 Å². The van der Waals surface area contributed by atoms with E-state index in [4.69, 9.17) is 0 Å². The number of hydrogen-bond acceptors (Lipinski definition) is 5. The van der Waals surface area contributed by atoms with Crippen molar-refractivity contribution in [2.24, 2.45) is 0 Å². The summed E-state index contributed by atoms with van der Waals surface area (Å²) >= 11 is 0. The summed E-state index contributed by atoms with van der Waals surface area (Å²) in [6.07, 6.45) is 5.88. The molecule has 0 aliphatic rings. The number of nitrogens with zero attached hydrogens (tertiary/aromatic N) is 7. The lowest BCUT2D eigenvalue weighted by Crippen LogP contribution is -1.95. The third-order valence-electron chi connectivity index (χ3n) is 3.56. The highest BCUT2D eigenvalue weighted by molar-refractivity contribution is 5.44. The fourth-order valence-electron chi connectivity index (χ4n) is 2.71. The zero-order chi connectivity index (χ0) is 21.4. The van der Waals surface area contributed by atoms with Crippen molar-refractivity contribution in [3.8, 4) is 0 Å². The molecule has 0 atom stereocenters. The number of aryl methyl sites for hydroxylation is 6. The maximum atomic E-state index is 4.35. The van der Waals surface area contributed by atoms with Crippen LogP contribution in [0.3, 0.4) is 0 Å². The van der Waals surface area contributed by atoms with Crippen molar-refractivity contribution >= 4 is 11.3 Å². The number of imidazole rings is 1. The molecule has 0 spiro atoms. The predicted octanol–water partition coefficient (Wildman–Crippen LogP) is 4.76. The highest BCUT2D eigenvalue weighted by atomic mass is 15.3. The molecule has 4 aromatic heterocycles. The molecular weight excluding hydrogens is 350 g/mol. The smallest absolute Gasteiger partial charge is 0.176 e. The Labute approximate surface area is 167 Å². The summed E-state index contributed by atoms with van der Waals surface area (Å²) in [6.45, 7) is 19.7. The van der Waals surface area contributed by atoms with Crippen LogP contribution >= 0.6 is 0 Å². The summed E-state index contributed by atoms with van der Waals surface area (Å²) in [4.78, 5) is 17.2. The van der Waals surface area contributed by atoms with Crippen LogP contribution in [0, 0.1) is 41.5 Å². The molecule has 0 aliphatic carbocycles. The van der Waals surface area contributed by atoms with Gasteiger partial charge in [-0.3, -0.25) is 9.97 Å². The molecule has 7 nitrogen and oxygen atoms in total. The van der Waals surface area contributed by atoms with Gasteiger partial charge in [-0.15, -0.1) is 0 Å². The zero-order valence-corrected chi connectivity index (χ0v) is 18.9. The Morgan fingerprint density at radius 1 is 0.571 bits per heavy atom. The van der Waals surface area contributed by atoms with Gasteiger partial charge in [-0.2, -0.15) is 5.10 Å². The summed E-state index contributed by atoms with van der Waals surface area (Å²) in [5.74, 6) is 0.783. The van der Waals surface area contributed by atoms with Crippen LogP contribution in [0.4, 0.5) is 0 Å². The number of rotatable bonds is 0. The van der Waals surface area contributed by atoms with Gasteiger partial charge in [0.1, 0.15) is 5.82 Å². The molecule has 4 heterocycles. The Kier molecular flexibility index (Phi) is 8.70. The maximum absolute atomic E-state index is 4.35. The van der Waals surface area contributed by atoms with Crippen molar-refractivity contribution in [3.63, 3.8) is 0 Å². The molecule has 0 N–H and O–H groups in total. The van der Waals surface area contributed by atoms with Gasteiger partial charge in [-0.1, -0.05) is 27.7 Å². The summed E-state index contributed by atoms with van der Waals surface area (Å²) in [6, 6.07) is 0. The fraction of sp³-hybridized carbons (Fsp3) is 0.476. The van der Waals surface area contributed by atoms with Gasteiger partial charge in [0.15, 0.2) is 11.3 Å². The Hall–Kier alpha value is -2.83. The molecule has 28 heavy (non-hydrogen) atoms. The topological polar surface area (TPSA) is 73.3 Å². The quantitative estimate of drug-likeness (QED) is 0.438. The van der Waals surface area contributed by atoms with E-state index in [0.717, 1.165) is 45.6 Å². The predicted molar refractivity (Wildman–Crippen MR) is 115 cm³/mol. The average Bonchev–Trinajstić information content (AvgIpc) is 3.21.